The zero-order chi connectivity index (χ0) is 20.6. The number of nitrogens with zero attached hydrogens (tertiary/aromatic N) is 1. The number of ketones is 2. The molecule has 2 aromatic carbocycles. The van der Waals surface area contributed by atoms with Crippen LogP contribution in [0.25, 0.3) is 0 Å². The van der Waals surface area contributed by atoms with Crippen molar-refractivity contribution in [2.75, 3.05) is 14.1 Å². The molecule has 0 unspecified atom stereocenters. The third-order valence-electron chi connectivity index (χ3n) is 4.18. The second-order valence-electron chi connectivity index (χ2n) is 6.74. The molecular formula is C21H19NO6. The summed E-state index contributed by atoms with van der Waals surface area (Å²) in [7, 11) is 3.59. The van der Waals surface area contributed by atoms with E-state index in [4.69, 9.17) is 9.47 Å². The Kier molecular flexibility index (Phi) is 5.11. The summed E-state index contributed by atoms with van der Waals surface area (Å²) in [6, 6.07) is 7.85. The van der Waals surface area contributed by atoms with Crippen molar-refractivity contribution in [2.45, 2.75) is 20.4 Å². The van der Waals surface area contributed by atoms with Crippen LogP contribution in [0.4, 0.5) is 0 Å². The van der Waals surface area contributed by atoms with Gasteiger partial charge in [0.25, 0.3) is 0 Å². The Morgan fingerprint density at radius 2 is 1.43 bits per heavy atom. The van der Waals surface area contributed by atoms with Crippen LogP contribution in [0.1, 0.15) is 51.3 Å². The molecule has 0 saturated carbocycles. The molecule has 0 saturated heterocycles. The van der Waals surface area contributed by atoms with Crippen molar-refractivity contribution in [2.24, 2.45) is 0 Å². The summed E-state index contributed by atoms with van der Waals surface area (Å²) in [5.74, 6) is -2.19. The molecule has 0 fully saturated rings. The lowest BCUT2D eigenvalue weighted by Gasteiger charge is -2.24. The van der Waals surface area contributed by atoms with Gasteiger partial charge in [-0.05, 0) is 20.2 Å². The van der Waals surface area contributed by atoms with Gasteiger partial charge < -0.3 is 14.4 Å². The second kappa shape index (κ2) is 7.36. The quantitative estimate of drug-likeness (QED) is 0.506. The van der Waals surface area contributed by atoms with Gasteiger partial charge in [0, 0.05) is 37.1 Å². The Balaban J connectivity index is 2.38. The van der Waals surface area contributed by atoms with E-state index in [2.05, 4.69) is 0 Å². The Morgan fingerprint density at radius 3 is 1.93 bits per heavy atom. The van der Waals surface area contributed by atoms with E-state index in [0.29, 0.717) is 12.1 Å². The van der Waals surface area contributed by atoms with Crippen molar-refractivity contribution >= 4 is 23.5 Å². The van der Waals surface area contributed by atoms with Gasteiger partial charge in [-0.3, -0.25) is 19.2 Å². The molecule has 0 amide bonds. The van der Waals surface area contributed by atoms with Gasteiger partial charge in [0.2, 0.25) is 0 Å². The van der Waals surface area contributed by atoms with Crippen molar-refractivity contribution < 1.29 is 28.7 Å². The van der Waals surface area contributed by atoms with E-state index >= 15 is 0 Å². The molecule has 0 aliphatic heterocycles. The second-order valence-corrected chi connectivity index (χ2v) is 6.74. The van der Waals surface area contributed by atoms with E-state index in [-0.39, 0.29) is 33.8 Å². The maximum absolute atomic E-state index is 13.2. The topological polar surface area (TPSA) is 90.0 Å². The Morgan fingerprint density at radius 1 is 0.893 bits per heavy atom. The predicted molar refractivity (Wildman–Crippen MR) is 99.8 cm³/mol. The first-order chi connectivity index (χ1) is 13.2. The third-order valence-corrected chi connectivity index (χ3v) is 4.18. The highest BCUT2D eigenvalue weighted by Gasteiger charge is 2.37. The largest absolute Gasteiger partial charge is 0.426 e. The summed E-state index contributed by atoms with van der Waals surface area (Å²) >= 11 is 0. The average Bonchev–Trinajstić information content (AvgIpc) is 2.60. The lowest BCUT2D eigenvalue weighted by molar-refractivity contribution is -0.133. The van der Waals surface area contributed by atoms with E-state index < -0.39 is 23.5 Å². The molecule has 1 aliphatic rings. The molecule has 0 N–H and O–H groups in total. The summed E-state index contributed by atoms with van der Waals surface area (Å²) in [5, 5.41) is 0. The summed E-state index contributed by atoms with van der Waals surface area (Å²) in [6.07, 6.45) is 0. The smallest absolute Gasteiger partial charge is 0.308 e. The number of fused-ring (bicyclic) bond motifs is 2. The lowest BCUT2D eigenvalue weighted by Crippen LogP contribution is -2.25. The van der Waals surface area contributed by atoms with Crippen LogP contribution in [-0.2, 0) is 16.1 Å². The minimum atomic E-state index is -0.627. The number of hydrogen-bond acceptors (Lipinski definition) is 7. The van der Waals surface area contributed by atoms with Crippen molar-refractivity contribution in [3.05, 3.63) is 58.1 Å². The molecule has 0 atom stereocenters. The molecule has 3 rings (SSSR count). The zero-order valence-corrected chi connectivity index (χ0v) is 16.0. The first-order valence-corrected chi connectivity index (χ1v) is 8.60. The van der Waals surface area contributed by atoms with E-state index in [1.165, 1.54) is 26.0 Å². The minimum Gasteiger partial charge on any atom is -0.426 e. The van der Waals surface area contributed by atoms with Gasteiger partial charge in [0.1, 0.15) is 11.5 Å². The van der Waals surface area contributed by atoms with Crippen molar-refractivity contribution in [3.63, 3.8) is 0 Å². The summed E-state index contributed by atoms with van der Waals surface area (Å²) < 4.78 is 10.6. The normalized spacial score (nSPS) is 12.5. The molecule has 144 valence electrons. The van der Waals surface area contributed by atoms with Crippen molar-refractivity contribution in [3.8, 4) is 11.5 Å². The van der Waals surface area contributed by atoms with Gasteiger partial charge in [-0.15, -0.1) is 0 Å². The van der Waals surface area contributed by atoms with Crippen LogP contribution < -0.4 is 9.47 Å². The van der Waals surface area contributed by atoms with Gasteiger partial charge >= 0.3 is 11.9 Å². The summed E-state index contributed by atoms with van der Waals surface area (Å²) in [6.45, 7) is 2.73. The van der Waals surface area contributed by atoms with E-state index in [1.807, 2.05) is 0 Å². The monoisotopic (exact) mass is 381 g/mol. The molecule has 7 heteroatoms. The number of rotatable bonds is 4. The zero-order valence-electron chi connectivity index (χ0n) is 16.0. The van der Waals surface area contributed by atoms with Crippen LogP contribution in [0.3, 0.4) is 0 Å². The summed E-state index contributed by atoms with van der Waals surface area (Å²) in [4.78, 5) is 51.5. The Hall–Kier alpha value is -3.32. The summed E-state index contributed by atoms with van der Waals surface area (Å²) in [5.41, 5.74) is 0.745. The van der Waals surface area contributed by atoms with Crippen molar-refractivity contribution in [1.29, 1.82) is 0 Å². The number of carbonyl (C=O) groups is 4. The highest BCUT2D eigenvalue weighted by Crippen LogP contribution is 2.41. The number of hydrogen-bond donors (Lipinski definition) is 0. The van der Waals surface area contributed by atoms with Crippen LogP contribution in [0, 0.1) is 0 Å². The fourth-order valence-corrected chi connectivity index (χ4v) is 3.24. The number of ether oxygens (including phenoxy) is 2. The van der Waals surface area contributed by atoms with E-state index in [1.54, 1.807) is 37.2 Å². The van der Waals surface area contributed by atoms with Crippen LogP contribution in [0.15, 0.2) is 30.3 Å². The Labute approximate surface area is 161 Å². The van der Waals surface area contributed by atoms with E-state index in [0.717, 1.165) is 0 Å². The standard InChI is InChI=1S/C21H19NO6/c1-11(23)27-16-9-13(10-22(3)4)21(28-12(2)24)18-17(16)19(25)14-7-5-6-8-15(14)20(18)26/h5-9H,10H2,1-4H3. The SMILES string of the molecule is CC(=O)Oc1cc(CN(C)C)c(OC(C)=O)c2c1C(=O)c1ccccc1C2=O. The molecule has 0 spiro atoms. The molecule has 1 aliphatic carbocycles. The van der Waals surface area contributed by atoms with Crippen LogP contribution >= 0.6 is 0 Å². The number of esters is 2. The first kappa shape index (κ1) is 19.4. The van der Waals surface area contributed by atoms with Gasteiger partial charge in [-0.25, -0.2) is 0 Å². The molecule has 7 nitrogen and oxygen atoms in total. The van der Waals surface area contributed by atoms with Crippen LogP contribution in [0.2, 0.25) is 0 Å². The molecule has 0 radical (unpaired) electrons. The van der Waals surface area contributed by atoms with Crippen molar-refractivity contribution in [1.82, 2.24) is 4.90 Å². The molecular weight excluding hydrogens is 362 g/mol. The maximum atomic E-state index is 13.2. The van der Waals surface area contributed by atoms with E-state index in [9.17, 15) is 19.2 Å². The highest BCUT2D eigenvalue weighted by molar-refractivity contribution is 6.30. The van der Waals surface area contributed by atoms with Gasteiger partial charge in [0.15, 0.2) is 11.6 Å². The molecule has 0 heterocycles. The first-order valence-electron chi connectivity index (χ1n) is 8.60. The molecule has 0 aromatic heterocycles. The van der Waals surface area contributed by atoms with Crippen LogP contribution in [0.5, 0.6) is 11.5 Å². The molecule has 2 aromatic rings. The van der Waals surface area contributed by atoms with Crippen LogP contribution in [-0.4, -0.2) is 42.5 Å². The Bertz CT molecular complexity index is 1020. The van der Waals surface area contributed by atoms with Gasteiger partial charge in [-0.1, -0.05) is 24.3 Å². The third kappa shape index (κ3) is 3.44. The number of benzene rings is 2. The van der Waals surface area contributed by atoms with Gasteiger partial charge in [0.05, 0.1) is 11.1 Å². The number of carbonyl (C=O) groups excluding carboxylic acids is 4. The highest BCUT2D eigenvalue weighted by atomic mass is 16.5. The lowest BCUT2D eigenvalue weighted by atomic mass is 9.82. The molecule has 28 heavy (non-hydrogen) atoms. The predicted octanol–water partition coefficient (Wildman–Crippen LogP) is 2.37. The molecule has 0 bridgehead atoms. The fraction of sp³-hybridized carbons (Fsp3) is 0.238. The average molecular weight is 381 g/mol. The maximum Gasteiger partial charge on any atom is 0.308 e. The fourth-order valence-electron chi connectivity index (χ4n) is 3.24. The minimum absolute atomic E-state index is 0.0138. The van der Waals surface area contributed by atoms with Gasteiger partial charge in [-0.2, -0.15) is 0 Å².